The van der Waals surface area contributed by atoms with E-state index in [1.807, 2.05) is 48.7 Å². The van der Waals surface area contributed by atoms with E-state index in [4.69, 9.17) is 10.00 Å². The fraction of sp³-hybridized carbons (Fsp3) is 0.333. The molecule has 5 nitrogen and oxygen atoms in total. The van der Waals surface area contributed by atoms with Crippen molar-refractivity contribution in [1.82, 2.24) is 9.47 Å². The Morgan fingerprint density at radius 2 is 1.96 bits per heavy atom. The summed E-state index contributed by atoms with van der Waals surface area (Å²) in [7, 11) is 3.36. The van der Waals surface area contributed by atoms with E-state index in [-0.39, 0.29) is 5.91 Å². The lowest BCUT2D eigenvalue weighted by Gasteiger charge is -2.16. The maximum Gasteiger partial charge on any atom is 0.255 e. The highest BCUT2D eigenvalue weighted by atomic mass is 16.5. The van der Waals surface area contributed by atoms with Crippen molar-refractivity contribution in [2.75, 3.05) is 20.7 Å². The highest BCUT2D eigenvalue weighted by molar-refractivity contribution is 5.95. The van der Waals surface area contributed by atoms with Crippen LogP contribution < -0.4 is 4.74 Å². The SMILES string of the molecule is COc1ccc(-n2c(C)cc(C(=O)N(C)CCC#N)c2C)cc1. The molecule has 0 aliphatic rings. The molecule has 1 amide bonds. The van der Waals surface area contributed by atoms with Crippen LogP contribution in [0.5, 0.6) is 5.75 Å². The lowest BCUT2D eigenvalue weighted by atomic mass is 10.2. The average molecular weight is 311 g/mol. The van der Waals surface area contributed by atoms with Crippen LogP contribution >= 0.6 is 0 Å². The van der Waals surface area contributed by atoms with Gasteiger partial charge >= 0.3 is 0 Å². The number of hydrogen-bond acceptors (Lipinski definition) is 3. The summed E-state index contributed by atoms with van der Waals surface area (Å²) >= 11 is 0. The Hall–Kier alpha value is -2.74. The average Bonchev–Trinajstić information content (AvgIpc) is 2.86. The third kappa shape index (κ3) is 3.37. The van der Waals surface area contributed by atoms with E-state index in [1.165, 1.54) is 0 Å². The third-order valence-corrected chi connectivity index (χ3v) is 3.90. The van der Waals surface area contributed by atoms with Gasteiger partial charge in [0, 0.05) is 30.7 Å². The van der Waals surface area contributed by atoms with Gasteiger partial charge in [-0.3, -0.25) is 4.79 Å². The summed E-state index contributed by atoms with van der Waals surface area (Å²) < 4.78 is 7.23. The Labute approximate surface area is 136 Å². The quantitative estimate of drug-likeness (QED) is 0.852. The van der Waals surface area contributed by atoms with Gasteiger partial charge in [-0.2, -0.15) is 5.26 Å². The number of methoxy groups -OCH3 is 1. The van der Waals surface area contributed by atoms with Crippen LogP contribution in [0.3, 0.4) is 0 Å². The molecule has 1 aromatic carbocycles. The molecule has 0 saturated heterocycles. The topological polar surface area (TPSA) is 58.3 Å². The van der Waals surface area contributed by atoms with E-state index in [0.717, 1.165) is 22.8 Å². The molecule has 0 aliphatic heterocycles. The second-order valence-corrected chi connectivity index (χ2v) is 5.45. The number of carbonyl (C=O) groups is 1. The van der Waals surface area contributed by atoms with Crippen molar-refractivity contribution in [2.45, 2.75) is 20.3 Å². The lowest BCUT2D eigenvalue weighted by molar-refractivity contribution is 0.0797. The number of carbonyl (C=O) groups excluding carboxylic acids is 1. The summed E-state index contributed by atoms with van der Waals surface area (Å²) in [6, 6.07) is 11.7. The molecule has 2 aromatic rings. The zero-order valence-corrected chi connectivity index (χ0v) is 14.0. The molecule has 0 fully saturated rings. The van der Waals surface area contributed by atoms with Crippen molar-refractivity contribution < 1.29 is 9.53 Å². The van der Waals surface area contributed by atoms with Crippen LogP contribution in [0.4, 0.5) is 0 Å². The standard InChI is InChI=1S/C18H21N3O2/c1-13-12-17(18(22)20(3)11-5-10-19)14(2)21(13)15-6-8-16(23-4)9-7-15/h6-9,12H,5,11H2,1-4H3. The number of aryl methyl sites for hydroxylation is 1. The molecule has 120 valence electrons. The largest absolute Gasteiger partial charge is 0.497 e. The molecule has 1 heterocycles. The van der Waals surface area contributed by atoms with Gasteiger partial charge < -0.3 is 14.2 Å². The summed E-state index contributed by atoms with van der Waals surface area (Å²) in [6.07, 6.45) is 0.333. The number of aromatic nitrogens is 1. The summed E-state index contributed by atoms with van der Waals surface area (Å²) in [5.41, 5.74) is 3.53. The van der Waals surface area contributed by atoms with Crippen molar-refractivity contribution in [3.05, 3.63) is 47.3 Å². The Bertz CT molecular complexity index is 739. The third-order valence-electron chi connectivity index (χ3n) is 3.90. The summed E-state index contributed by atoms with van der Waals surface area (Å²) in [5, 5.41) is 8.66. The van der Waals surface area contributed by atoms with E-state index >= 15 is 0 Å². The second kappa shape index (κ2) is 7.01. The molecule has 0 unspecified atom stereocenters. The molecule has 0 radical (unpaired) electrons. The van der Waals surface area contributed by atoms with E-state index in [2.05, 4.69) is 6.07 Å². The van der Waals surface area contributed by atoms with Crippen LogP contribution in [-0.4, -0.2) is 36.1 Å². The Morgan fingerprint density at radius 3 is 2.52 bits per heavy atom. The Kier molecular flexibility index (Phi) is 5.07. The van der Waals surface area contributed by atoms with Gasteiger partial charge in [0.1, 0.15) is 5.75 Å². The molecule has 23 heavy (non-hydrogen) atoms. The minimum Gasteiger partial charge on any atom is -0.497 e. The van der Waals surface area contributed by atoms with Crippen molar-refractivity contribution in [1.29, 1.82) is 5.26 Å². The first-order chi connectivity index (χ1) is 11.0. The van der Waals surface area contributed by atoms with Crippen molar-refractivity contribution in [2.24, 2.45) is 0 Å². The molecule has 0 spiro atoms. The van der Waals surface area contributed by atoms with Gasteiger partial charge in [-0.15, -0.1) is 0 Å². The zero-order valence-electron chi connectivity index (χ0n) is 14.0. The van der Waals surface area contributed by atoms with Crippen molar-refractivity contribution in [3.8, 4) is 17.5 Å². The van der Waals surface area contributed by atoms with Gasteiger partial charge in [0.15, 0.2) is 0 Å². The molecule has 0 saturated carbocycles. The molecule has 2 rings (SSSR count). The lowest BCUT2D eigenvalue weighted by Crippen LogP contribution is -2.27. The van der Waals surface area contributed by atoms with Gasteiger partial charge in [0.05, 0.1) is 25.2 Å². The van der Waals surface area contributed by atoms with E-state index in [1.54, 1.807) is 19.1 Å². The number of amides is 1. The monoisotopic (exact) mass is 311 g/mol. The summed E-state index contributed by atoms with van der Waals surface area (Å²) in [5.74, 6) is 0.733. The smallest absolute Gasteiger partial charge is 0.255 e. The number of nitriles is 1. The molecular weight excluding hydrogens is 290 g/mol. The molecule has 0 N–H and O–H groups in total. The predicted molar refractivity (Wildman–Crippen MR) is 89.0 cm³/mol. The Balaban J connectivity index is 2.35. The van der Waals surface area contributed by atoms with Crippen LogP contribution in [0.2, 0.25) is 0 Å². The van der Waals surface area contributed by atoms with Crippen LogP contribution in [0.25, 0.3) is 5.69 Å². The predicted octanol–water partition coefficient (Wildman–Crippen LogP) is 3.09. The van der Waals surface area contributed by atoms with Crippen molar-refractivity contribution in [3.63, 3.8) is 0 Å². The molecule has 0 aliphatic carbocycles. The fourth-order valence-corrected chi connectivity index (χ4v) is 2.63. The summed E-state index contributed by atoms with van der Waals surface area (Å²) in [6.45, 7) is 4.34. The molecule has 0 bridgehead atoms. The van der Waals surface area contributed by atoms with E-state index in [0.29, 0.717) is 18.5 Å². The van der Waals surface area contributed by atoms with Crippen molar-refractivity contribution >= 4 is 5.91 Å². The normalized spacial score (nSPS) is 10.2. The molecule has 5 heteroatoms. The highest BCUT2D eigenvalue weighted by Gasteiger charge is 2.19. The number of rotatable bonds is 5. The number of ether oxygens (including phenoxy) is 1. The molecule has 1 aromatic heterocycles. The molecular formula is C18H21N3O2. The number of hydrogen-bond donors (Lipinski definition) is 0. The van der Waals surface area contributed by atoms with Crippen LogP contribution in [0.1, 0.15) is 28.2 Å². The summed E-state index contributed by atoms with van der Waals surface area (Å²) in [4.78, 5) is 14.1. The number of nitrogens with zero attached hydrogens (tertiary/aromatic N) is 3. The fourth-order valence-electron chi connectivity index (χ4n) is 2.63. The highest BCUT2D eigenvalue weighted by Crippen LogP contribution is 2.23. The first-order valence-corrected chi connectivity index (χ1v) is 7.45. The van der Waals surface area contributed by atoms with E-state index in [9.17, 15) is 4.79 Å². The minimum atomic E-state index is -0.0619. The second-order valence-electron chi connectivity index (χ2n) is 5.45. The number of benzene rings is 1. The van der Waals surface area contributed by atoms with Crippen LogP contribution in [0.15, 0.2) is 30.3 Å². The van der Waals surface area contributed by atoms with Gasteiger partial charge in [-0.1, -0.05) is 0 Å². The van der Waals surface area contributed by atoms with Crippen LogP contribution in [0, 0.1) is 25.2 Å². The first kappa shape index (κ1) is 16.6. The van der Waals surface area contributed by atoms with Gasteiger partial charge in [0.25, 0.3) is 5.91 Å². The first-order valence-electron chi connectivity index (χ1n) is 7.45. The maximum atomic E-state index is 12.6. The van der Waals surface area contributed by atoms with Gasteiger partial charge in [-0.05, 0) is 44.2 Å². The zero-order chi connectivity index (χ0) is 17.0. The maximum absolute atomic E-state index is 12.6. The van der Waals surface area contributed by atoms with Gasteiger partial charge in [-0.25, -0.2) is 0 Å². The van der Waals surface area contributed by atoms with E-state index < -0.39 is 0 Å². The minimum absolute atomic E-state index is 0.0619. The van der Waals surface area contributed by atoms with Crippen LogP contribution in [-0.2, 0) is 0 Å². The molecule has 0 atom stereocenters. The Morgan fingerprint density at radius 1 is 1.30 bits per heavy atom. The van der Waals surface area contributed by atoms with Gasteiger partial charge in [0.2, 0.25) is 0 Å².